The van der Waals surface area contributed by atoms with Crippen LogP contribution in [0.15, 0.2) is 49.1 Å². The number of piperidine rings is 1. The molecule has 2 aromatic heterocycles. The Kier molecular flexibility index (Phi) is 7.30. The number of hydrogen-bond donors (Lipinski definition) is 2. The minimum absolute atomic E-state index is 0.102. The van der Waals surface area contributed by atoms with E-state index in [1.165, 1.54) is 0 Å². The lowest BCUT2D eigenvalue weighted by molar-refractivity contribution is -0.136. The average molecular weight is 515 g/mol. The van der Waals surface area contributed by atoms with E-state index < -0.39 is 23.8 Å². The number of aromatic nitrogens is 3. The summed E-state index contributed by atoms with van der Waals surface area (Å²) >= 11 is 0. The fourth-order valence-electron chi connectivity index (χ4n) is 4.91. The standard InChI is InChI=1S/C28H30N6O4/c1-18-12-19(15-29-14-18)20-16-31-33(17-20)11-5-3-2-4-10-30-21-6-7-22-23(13-21)28(38)34(27(22)37)24-8-9-25(35)32-26(24)36/h6-7,12-17,24,30H,2-5,8-11H2,1H3,(H,32,35,36). The van der Waals surface area contributed by atoms with Crippen molar-refractivity contribution >= 4 is 29.3 Å². The van der Waals surface area contributed by atoms with Gasteiger partial charge in [-0.05, 0) is 56.0 Å². The quantitative estimate of drug-likeness (QED) is 0.314. The molecule has 10 heteroatoms. The van der Waals surface area contributed by atoms with Gasteiger partial charge in [0.1, 0.15) is 6.04 Å². The largest absolute Gasteiger partial charge is 0.385 e. The predicted octanol–water partition coefficient (Wildman–Crippen LogP) is 3.33. The molecule has 10 nitrogen and oxygen atoms in total. The van der Waals surface area contributed by atoms with Gasteiger partial charge >= 0.3 is 0 Å². The number of nitrogens with one attached hydrogen (secondary N) is 2. The number of anilines is 1. The number of aryl methyl sites for hydroxylation is 2. The van der Waals surface area contributed by atoms with Crippen LogP contribution in [0.1, 0.15) is 64.8 Å². The van der Waals surface area contributed by atoms with E-state index in [0.717, 1.165) is 66.1 Å². The van der Waals surface area contributed by atoms with Crippen LogP contribution in [0.2, 0.25) is 0 Å². The topological polar surface area (TPSA) is 126 Å². The first-order valence-electron chi connectivity index (χ1n) is 12.9. The minimum Gasteiger partial charge on any atom is -0.385 e. The molecule has 2 N–H and O–H groups in total. The van der Waals surface area contributed by atoms with Gasteiger partial charge in [0, 0.05) is 54.9 Å². The van der Waals surface area contributed by atoms with E-state index in [2.05, 4.69) is 33.0 Å². The number of carbonyl (C=O) groups is 4. The van der Waals surface area contributed by atoms with Crippen LogP contribution in [-0.4, -0.2) is 55.9 Å². The van der Waals surface area contributed by atoms with Crippen molar-refractivity contribution in [3.8, 4) is 11.1 Å². The van der Waals surface area contributed by atoms with Crippen molar-refractivity contribution in [2.24, 2.45) is 0 Å². The summed E-state index contributed by atoms with van der Waals surface area (Å²) in [5, 5.41) is 10.00. The smallest absolute Gasteiger partial charge is 0.262 e. The highest BCUT2D eigenvalue weighted by molar-refractivity contribution is 6.23. The number of unbranched alkanes of at least 4 members (excludes halogenated alkanes) is 3. The Labute approximate surface area is 220 Å². The van der Waals surface area contributed by atoms with Gasteiger partial charge in [0.15, 0.2) is 0 Å². The van der Waals surface area contributed by atoms with Crippen LogP contribution >= 0.6 is 0 Å². The number of benzene rings is 1. The fraction of sp³-hybridized carbons (Fsp3) is 0.357. The Morgan fingerprint density at radius 1 is 0.947 bits per heavy atom. The lowest BCUT2D eigenvalue weighted by Gasteiger charge is -2.27. The molecule has 0 bridgehead atoms. The van der Waals surface area contributed by atoms with Crippen molar-refractivity contribution in [3.63, 3.8) is 0 Å². The molecule has 2 aliphatic rings. The maximum absolute atomic E-state index is 13.0. The highest BCUT2D eigenvalue weighted by atomic mass is 16.2. The van der Waals surface area contributed by atoms with Gasteiger partial charge in [-0.2, -0.15) is 5.10 Å². The van der Waals surface area contributed by atoms with Crippen molar-refractivity contribution in [1.82, 2.24) is 25.0 Å². The van der Waals surface area contributed by atoms with Gasteiger partial charge in [0.25, 0.3) is 11.8 Å². The molecule has 1 unspecified atom stereocenters. The van der Waals surface area contributed by atoms with E-state index in [1.807, 2.05) is 30.2 Å². The summed E-state index contributed by atoms with van der Waals surface area (Å²) in [5.74, 6) is -1.99. The zero-order chi connectivity index (χ0) is 26.6. The third kappa shape index (κ3) is 5.34. The molecule has 0 saturated carbocycles. The molecule has 38 heavy (non-hydrogen) atoms. The summed E-state index contributed by atoms with van der Waals surface area (Å²) < 4.78 is 1.97. The molecule has 2 aliphatic heterocycles. The van der Waals surface area contributed by atoms with Crippen LogP contribution in [-0.2, 0) is 16.1 Å². The Morgan fingerprint density at radius 3 is 2.58 bits per heavy atom. The number of hydrogen-bond acceptors (Lipinski definition) is 7. The van der Waals surface area contributed by atoms with E-state index >= 15 is 0 Å². The molecule has 4 amide bonds. The van der Waals surface area contributed by atoms with Gasteiger partial charge < -0.3 is 5.32 Å². The second-order valence-corrected chi connectivity index (χ2v) is 9.79. The van der Waals surface area contributed by atoms with Gasteiger partial charge in [-0.25, -0.2) is 0 Å². The molecular formula is C28H30N6O4. The summed E-state index contributed by atoms with van der Waals surface area (Å²) in [6, 6.07) is 6.21. The normalized spacial score (nSPS) is 17.1. The minimum atomic E-state index is -0.954. The maximum Gasteiger partial charge on any atom is 0.262 e. The highest BCUT2D eigenvalue weighted by Crippen LogP contribution is 2.29. The zero-order valence-electron chi connectivity index (χ0n) is 21.3. The predicted molar refractivity (Wildman–Crippen MR) is 140 cm³/mol. The van der Waals surface area contributed by atoms with Gasteiger partial charge in [-0.3, -0.25) is 39.1 Å². The molecule has 0 spiro atoms. The fourth-order valence-corrected chi connectivity index (χ4v) is 4.91. The first-order valence-corrected chi connectivity index (χ1v) is 12.9. The van der Waals surface area contributed by atoms with Gasteiger partial charge in [-0.1, -0.05) is 12.8 Å². The summed E-state index contributed by atoms with van der Waals surface area (Å²) in [6.07, 6.45) is 12.0. The monoisotopic (exact) mass is 514 g/mol. The highest BCUT2D eigenvalue weighted by Gasteiger charge is 2.44. The van der Waals surface area contributed by atoms with Crippen molar-refractivity contribution in [2.45, 2.75) is 58.0 Å². The van der Waals surface area contributed by atoms with Crippen LogP contribution < -0.4 is 10.6 Å². The van der Waals surface area contributed by atoms with Gasteiger partial charge in [0.2, 0.25) is 11.8 Å². The van der Waals surface area contributed by atoms with Crippen LogP contribution in [0.3, 0.4) is 0 Å². The number of pyridine rings is 1. The second-order valence-electron chi connectivity index (χ2n) is 9.79. The third-order valence-corrected chi connectivity index (χ3v) is 6.92. The zero-order valence-corrected chi connectivity index (χ0v) is 21.3. The SMILES string of the molecule is Cc1cncc(-c2cnn(CCCCCCNc3ccc4c(c3)C(=O)N(C3CCC(=O)NC3=O)C4=O)c2)c1. The third-order valence-electron chi connectivity index (χ3n) is 6.92. The van der Waals surface area contributed by atoms with Crippen molar-refractivity contribution in [2.75, 3.05) is 11.9 Å². The molecule has 196 valence electrons. The van der Waals surface area contributed by atoms with Crippen LogP contribution in [0.5, 0.6) is 0 Å². The average Bonchev–Trinajstić information content (AvgIpc) is 3.47. The van der Waals surface area contributed by atoms with Crippen molar-refractivity contribution in [3.05, 3.63) is 65.7 Å². The molecule has 1 saturated heterocycles. The molecule has 1 atom stereocenters. The van der Waals surface area contributed by atoms with Crippen LogP contribution in [0, 0.1) is 6.92 Å². The molecule has 0 aliphatic carbocycles. The molecule has 1 fully saturated rings. The summed E-state index contributed by atoms with van der Waals surface area (Å²) in [5.41, 5.74) is 4.59. The molecule has 4 heterocycles. The summed E-state index contributed by atoms with van der Waals surface area (Å²) in [6.45, 7) is 3.62. The molecule has 1 aromatic carbocycles. The number of nitrogens with zero attached hydrogens (tertiary/aromatic N) is 4. The van der Waals surface area contributed by atoms with E-state index in [9.17, 15) is 19.2 Å². The Bertz CT molecular complexity index is 1400. The first-order chi connectivity index (χ1) is 18.4. The number of amides is 4. The van der Waals surface area contributed by atoms with E-state index in [4.69, 9.17) is 0 Å². The maximum atomic E-state index is 13.0. The Morgan fingerprint density at radius 2 is 1.76 bits per heavy atom. The molecular weight excluding hydrogens is 484 g/mol. The Hall–Kier alpha value is -4.34. The molecule has 0 radical (unpaired) electrons. The second kappa shape index (κ2) is 11.0. The number of fused-ring (bicyclic) bond motifs is 1. The van der Waals surface area contributed by atoms with Crippen LogP contribution in [0.4, 0.5) is 5.69 Å². The first kappa shape index (κ1) is 25.3. The van der Waals surface area contributed by atoms with Crippen LogP contribution in [0.25, 0.3) is 11.1 Å². The number of carbonyl (C=O) groups excluding carboxylic acids is 4. The molecule has 3 aromatic rings. The van der Waals surface area contributed by atoms with E-state index in [1.54, 1.807) is 18.2 Å². The summed E-state index contributed by atoms with van der Waals surface area (Å²) in [4.78, 5) is 54.6. The van der Waals surface area contributed by atoms with Gasteiger partial charge in [0.05, 0.1) is 17.3 Å². The van der Waals surface area contributed by atoms with Crippen molar-refractivity contribution < 1.29 is 19.2 Å². The Balaban J connectivity index is 1.05. The lowest BCUT2D eigenvalue weighted by Crippen LogP contribution is -2.54. The van der Waals surface area contributed by atoms with Gasteiger partial charge in [-0.15, -0.1) is 0 Å². The number of imide groups is 2. The molecule has 5 rings (SSSR count). The lowest BCUT2D eigenvalue weighted by atomic mass is 10.0. The van der Waals surface area contributed by atoms with E-state index in [-0.39, 0.29) is 29.9 Å². The van der Waals surface area contributed by atoms with Crippen molar-refractivity contribution in [1.29, 1.82) is 0 Å². The number of rotatable bonds is 10. The van der Waals surface area contributed by atoms with E-state index in [0.29, 0.717) is 0 Å². The summed E-state index contributed by atoms with van der Waals surface area (Å²) in [7, 11) is 0.